The van der Waals surface area contributed by atoms with E-state index in [4.69, 9.17) is 4.42 Å². The Hall–Kier alpha value is -7.10. The maximum absolute atomic E-state index is 6.54. The van der Waals surface area contributed by atoms with E-state index in [0.29, 0.717) is 0 Å². The van der Waals surface area contributed by atoms with E-state index in [1.165, 1.54) is 43.4 Å². The lowest BCUT2D eigenvalue weighted by Gasteiger charge is -2.26. The number of fused-ring (bicyclic) bond motifs is 9. The number of hydrogen-bond donors (Lipinski definition) is 0. The highest BCUT2D eigenvalue weighted by atomic mass is 16.3. The van der Waals surface area contributed by atoms with Gasteiger partial charge in [-0.2, -0.15) is 0 Å². The quantitative estimate of drug-likeness (QED) is 0.169. The first kappa shape index (κ1) is 29.6. The lowest BCUT2D eigenvalue weighted by molar-refractivity contribution is 0.669. The van der Waals surface area contributed by atoms with Crippen molar-refractivity contribution in [1.82, 2.24) is 4.57 Å². The molecule has 3 heteroatoms. The van der Waals surface area contributed by atoms with Crippen LogP contribution >= 0.6 is 0 Å². The van der Waals surface area contributed by atoms with E-state index in [0.717, 1.165) is 55.8 Å². The molecule has 53 heavy (non-hydrogen) atoms. The Balaban J connectivity index is 1.12. The summed E-state index contributed by atoms with van der Waals surface area (Å²) in [7, 11) is 0. The van der Waals surface area contributed by atoms with Gasteiger partial charge in [-0.25, -0.2) is 0 Å². The number of benzene rings is 9. The molecule has 0 radical (unpaired) electrons. The first-order valence-electron chi connectivity index (χ1n) is 18.1. The average Bonchev–Trinajstić information content (AvgIpc) is 3.77. The van der Waals surface area contributed by atoms with Gasteiger partial charge < -0.3 is 13.9 Å². The zero-order valence-electron chi connectivity index (χ0n) is 28.8. The summed E-state index contributed by atoms with van der Waals surface area (Å²) in [5, 5.41) is 9.70. The summed E-state index contributed by atoms with van der Waals surface area (Å²) >= 11 is 0. The van der Waals surface area contributed by atoms with Gasteiger partial charge in [-0.1, -0.05) is 121 Å². The Morgan fingerprint density at radius 2 is 1.06 bits per heavy atom. The summed E-state index contributed by atoms with van der Waals surface area (Å²) in [4.78, 5) is 2.36. The van der Waals surface area contributed by atoms with Crippen LogP contribution in [0.2, 0.25) is 0 Å². The second-order valence-electron chi connectivity index (χ2n) is 13.7. The second-order valence-corrected chi connectivity index (χ2v) is 13.7. The zero-order chi connectivity index (χ0) is 34.9. The molecular weight excluding hydrogens is 645 g/mol. The minimum absolute atomic E-state index is 0.871. The van der Waals surface area contributed by atoms with Crippen LogP contribution in [0.4, 0.5) is 17.1 Å². The number of aromatic nitrogens is 1. The fraction of sp³-hybridized carbons (Fsp3) is 0. The third-order valence-electron chi connectivity index (χ3n) is 10.7. The van der Waals surface area contributed by atoms with Gasteiger partial charge in [0.15, 0.2) is 0 Å². The molecule has 3 nitrogen and oxygen atoms in total. The molecule has 0 saturated carbocycles. The summed E-state index contributed by atoms with van der Waals surface area (Å²) in [6, 6.07) is 69.7. The molecule has 0 atom stereocenters. The minimum atomic E-state index is 0.871. The Bertz CT molecular complexity index is 3170. The van der Waals surface area contributed by atoms with E-state index in [2.05, 4.69) is 204 Å². The van der Waals surface area contributed by atoms with Crippen molar-refractivity contribution < 1.29 is 4.42 Å². The predicted molar refractivity (Wildman–Crippen MR) is 223 cm³/mol. The lowest BCUT2D eigenvalue weighted by Crippen LogP contribution is -2.10. The van der Waals surface area contributed by atoms with Gasteiger partial charge >= 0.3 is 0 Å². The molecule has 2 aromatic heterocycles. The molecule has 9 aromatic carbocycles. The minimum Gasteiger partial charge on any atom is -0.456 e. The van der Waals surface area contributed by atoms with Gasteiger partial charge in [-0.15, -0.1) is 0 Å². The van der Waals surface area contributed by atoms with Crippen LogP contribution in [0.5, 0.6) is 0 Å². The summed E-state index contributed by atoms with van der Waals surface area (Å²) in [5.41, 5.74) is 10.8. The fourth-order valence-electron chi connectivity index (χ4n) is 8.35. The van der Waals surface area contributed by atoms with E-state index >= 15 is 0 Å². The van der Waals surface area contributed by atoms with Crippen LogP contribution < -0.4 is 4.90 Å². The largest absolute Gasteiger partial charge is 0.456 e. The monoisotopic (exact) mass is 676 g/mol. The molecule has 11 aromatic rings. The number of para-hydroxylation sites is 3. The Morgan fingerprint density at radius 1 is 0.377 bits per heavy atom. The Morgan fingerprint density at radius 3 is 1.94 bits per heavy atom. The Kier molecular flexibility index (Phi) is 6.55. The molecule has 0 bridgehead atoms. The van der Waals surface area contributed by atoms with E-state index in [1.54, 1.807) is 0 Å². The highest BCUT2D eigenvalue weighted by Gasteiger charge is 2.20. The molecule has 0 aliphatic heterocycles. The number of furan rings is 1. The van der Waals surface area contributed by atoms with Crippen molar-refractivity contribution >= 4 is 82.4 Å². The van der Waals surface area contributed by atoms with Crippen LogP contribution in [-0.2, 0) is 0 Å². The molecule has 0 amide bonds. The molecule has 0 aliphatic carbocycles. The van der Waals surface area contributed by atoms with Crippen molar-refractivity contribution in [2.45, 2.75) is 0 Å². The molecule has 11 rings (SSSR count). The maximum atomic E-state index is 6.54. The van der Waals surface area contributed by atoms with Crippen molar-refractivity contribution in [3.05, 3.63) is 194 Å². The van der Waals surface area contributed by atoms with Gasteiger partial charge in [0, 0.05) is 44.3 Å². The highest BCUT2D eigenvalue weighted by Crippen LogP contribution is 2.43. The molecule has 0 spiro atoms. The third kappa shape index (κ3) is 4.68. The van der Waals surface area contributed by atoms with Gasteiger partial charge in [0.05, 0.1) is 11.0 Å². The maximum Gasteiger partial charge on any atom is 0.136 e. The van der Waals surface area contributed by atoms with Crippen LogP contribution in [0.3, 0.4) is 0 Å². The Labute approximate surface area is 306 Å². The first-order chi connectivity index (χ1) is 26.3. The number of anilines is 3. The summed E-state index contributed by atoms with van der Waals surface area (Å²) in [6.07, 6.45) is 0. The third-order valence-corrected chi connectivity index (χ3v) is 10.7. The standard InChI is InChI=1S/C50H32N2O/c1-3-13-36(14-4-1)51(39-25-28-44-43-18-9-10-20-46(43)52(47(44)32-39)37-15-5-2-6-16-37)38-26-29-48-45(31-38)50-42(19-11-21-49(50)53-48)35-24-27-41-34(30-35)23-22-33-12-7-8-17-40(33)41/h1-32H. The molecule has 0 N–H and O–H groups in total. The first-order valence-corrected chi connectivity index (χ1v) is 18.1. The van der Waals surface area contributed by atoms with Gasteiger partial charge in [-0.3, -0.25) is 0 Å². The van der Waals surface area contributed by atoms with Crippen molar-refractivity contribution in [2.24, 2.45) is 0 Å². The summed E-state index contributed by atoms with van der Waals surface area (Å²) < 4.78 is 8.92. The normalized spacial score (nSPS) is 11.8. The van der Waals surface area contributed by atoms with Crippen LogP contribution in [0.25, 0.3) is 82.1 Å². The van der Waals surface area contributed by atoms with Crippen molar-refractivity contribution in [3.63, 3.8) is 0 Å². The topological polar surface area (TPSA) is 21.3 Å². The lowest BCUT2D eigenvalue weighted by atomic mass is 9.95. The van der Waals surface area contributed by atoms with Crippen molar-refractivity contribution in [1.29, 1.82) is 0 Å². The fourth-order valence-corrected chi connectivity index (χ4v) is 8.35. The van der Waals surface area contributed by atoms with Crippen molar-refractivity contribution in [3.8, 4) is 16.8 Å². The van der Waals surface area contributed by atoms with Gasteiger partial charge in [0.1, 0.15) is 11.2 Å². The zero-order valence-corrected chi connectivity index (χ0v) is 28.8. The average molecular weight is 677 g/mol. The molecule has 2 heterocycles. The van der Waals surface area contributed by atoms with Gasteiger partial charge in [0.2, 0.25) is 0 Å². The molecule has 0 unspecified atom stereocenters. The van der Waals surface area contributed by atoms with Crippen LogP contribution in [0.1, 0.15) is 0 Å². The van der Waals surface area contributed by atoms with E-state index in [-0.39, 0.29) is 0 Å². The second kappa shape index (κ2) is 11.7. The molecule has 248 valence electrons. The van der Waals surface area contributed by atoms with Crippen LogP contribution in [0, 0.1) is 0 Å². The number of hydrogen-bond acceptors (Lipinski definition) is 2. The summed E-state index contributed by atoms with van der Waals surface area (Å²) in [6.45, 7) is 0. The highest BCUT2D eigenvalue weighted by molar-refractivity contribution is 6.15. The SMILES string of the molecule is c1ccc(N(c2ccc3oc4cccc(-c5ccc6c(ccc7ccccc76)c5)c4c3c2)c2ccc3c4ccccc4n(-c4ccccc4)c3c2)cc1. The molecular formula is C50H32N2O. The molecule has 0 fully saturated rings. The van der Waals surface area contributed by atoms with Gasteiger partial charge in [0.25, 0.3) is 0 Å². The predicted octanol–water partition coefficient (Wildman–Crippen LogP) is 14.1. The molecule has 0 aliphatic rings. The smallest absolute Gasteiger partial charge is 0.136 e. The van der Waals surface area contributed by atoms with Crippen LogP contribution in [0.15, 0.2) is 199 Å². The van der Waals surface area contributed by atoms with E-state index < -0.39 is 0 Å². The van der Waals surface area contributed by atoms with E-state index in [1.807, 2.05) is 0 Å². The number of rotatable bonds is 5. The van der Waals surface area contributed by atoms with Crippen LogP contribution in [-0.4, -0.2) is 4.57 Å². The van der Waals surface area contributed by atoms with E-state index in [9.17, 15) is 0 Å². The van der Waals surface area contributed by atoms with Crippen molar-refractivity contribution in [2.75, 3.05) is 4.90 Å². The van der Waals surface area contributed by atoms with Gasteiger partial charge in [-0.05, 0) is 105 Å². The summed E-state index contributed by atoms with van der Waals surface area (Å²) in [5.74, 6) is 0. The number of nitrogens with zero attached hydrogens (tertiary/aromatic N) is 2. The molecule has 0 saturated heterocycles.